The van der Waals surface area contributed by atoms with Gasteiger partial charge >= 0.3 is 0 Å². The molecule has 0 unspecified atom stereocenters. The first-order valence-corrected chi connectivity index (χ1v) is 14.8. The van der Waals surface area contributed by atoms with E-state index < -0.39 is 0 Å². The number of hydrogen-bond acceptors (Lipinski definition) is 5. The molecule has 4 aromatic rings. The van der Waals surface area contributed by atoms with Crippen LogP contribution in [0.4, 0.5) is 0 Å². The van der Waals surface area contributed by atoms with Gasteiger partial charge < -0.3 is 19.5 Å². The van der Waals surface area contributed by atoms with Gasteiger partial charge in [0.1, 0.15) is 11.5 Å². The van der Waals surface area contributed by atoms with Crippen LogP contribution in [0.2, 0.25) is 0 Å². The highest BCUT2D eigenvalue weighted by molar-refractivity contribution is 5.72. The lowest BCUT2D eigenvalue weighted by molar-refractivity contribution is 0.105. The minimum absolute atomic E-state index is 0.0270. The van der Waals surface area contributed by atoms with E-state index in [9.17, 15) is 5.11 Å². The minimum Gasteiger partial charge on any atom is -0.496 e. The summed E-state index contributed by atoms with van der Waals surface area (Å²) in [6.45, 7) is 8.10. The Morgan fingerprint density at radius 2 is 1.41 bits per heavy atom. The van der Waals surface area contributed by atoms with Crippen LogP contribution in [0.25, 0.3) is 11.1 Å². The topological polar surface area (TPSA) is 45.2 Å². The molecule has 0 radical (unpaired) electrons. The highest BCUT2D eigenvalue weighted by atomic mass is 16.5. The first kappa shape index (κ1) is 28.9. The Hall–Kier alpha value is -3.64. The number of methoxy groups -OCH3 is 1. The van der Waals surface area contributed by atoms with Crippen LogP contribution in [0.1, 0.15) is 41.6 Å². The summed E-state index contributed by atoms with van der Waals surface area (Å²) in [7, 11) is 1.67. The zero-order chi connectivity index (χ0) is 28.4. The van der Waals surface area contributed by atoms with Crippen molar-refractivity contribution in [1.29, 1.82) is 0 Å². The second-order valence-corrected chi connectivity index (χ2v) is 10.6. The van der Waals surface area contributed by atoms with E-state index in [2.05, 4.69) is 95.6 Å². The van der Waals surface area contributed by atoms with E-state index in [0.29, 0.717) is 12.6 Å². The summed E-state index contributed by atoms with van der Waals surface area (Å²) in [6, 6.07) is 34.4. The van der Waals surface area contributed by atoms with Gasteiger partial charge in [-0.05, 0) is 47.2 Å². The zero-order valence-electron chi connectivity index (χ0n) is 24.3. The zero-order valence-corrected chi connectivity index (χ0v) is 24.3. The van der Waals surface area contributed by atoms with Crippen molar-refractivity contribution in [2.24, 2.45) is 0 Å². The second-order valence-electron chi connectivity index (χ2n) is 10.6. The van der Waals surface area contributed by atoms with Crippen LogP contribution in [-0.2, 0) is 13.0 Å². The second kappa shape index (κ2) is 14.3. The molecular formula is C36H42N2O3. The smallest absolute Gasteiger partial charge is 0.128 e. The lowest BCUT2D eigenvalue weighted by atomic mass is 9.94. The maximum atomic E-state index is 9.67. The van der Waals surface area contributed by atoms with E-state index in [1.165, 1.54) is 11.1 Å². The molecule has 1 N–H and O–H groups in total. The molecule has 1 saturated heterocycles. The van der Waals surface area contributed by atoms with Gasteiger partial charge in [0.15, 0.2) is 0 Å². The fourth-order valence-electron chi connectivity index (χ4n) is 6.02. The summed E-state index contributed by atoms with van der Waals surface area (Å²) in [5.74, 6) is 1.67. The first-order valence-electron chi connectivity index (χ1n) is 14.8. The van der Waals surface area contributed by atoms with E-state index in [1.54, 1.807) is 7.11 Å². The summed E-state index contributed by atoms with van der Waals surface area (Å²) < 4.78 is 11.7. The predicted molar refractivity (Wildman–Crippen MR) is 167 cm³/mol. The number of hydrogen-bond donors (Lipinski definition) is 1. The number of ether oxygens (including phenoxy) is 2. The highest BCUT2D eigenvalue weighted by Crippen LogP contribution is 2.35. The highest BCUT2D eigenvalue weighted by Gasteiger charge is 2.26. The summed E-state index contributed by atoms with van der Waals surface area (Å²) in [6.07, 6.45) is 1.83. The summed E-state index contributed by atoms with van der Waals surface area (Å²) in [4.78, 5) is 5.18. The Morgan fingerprint density at radius 1 is 0.780 bits per heavy atom. The Labute approximate surface area is 245 Å². The average Bonchev–Trinajstić information content (AvgIpc) is 3.04. The molecule has 1 aliphatic heterocycles. The number of aliphatic hydroxyl groups is 1. The fraction of sp³-hybridized carbons (Fsp3) is 0.333. The van der Waals surface area contributed by atoms with Gasteiger partial charge in [-0.25, -0.2) is 0 Å². The molecule has 5 rings (SSSR count). The molecule has 0 atom stereocenters. The van der Waals surface area contributed by atoms with Gasteiger partial charge in [0, 0.05) is 43.9 Å². The van der Waals surface area contributed by atoms with Crippen molar-refractivity contribution in [1.82, 2.24) is 9.80 Å². The van der Waals surface area contributed by atoms with Gasteiger partial charge in [0.05, 0.1) is 26.4 Å². The van der Waals surface area contributed by atoms with Crippen molar-refractivity contribution in [3.05, 3.63) is 119 Å². The third-order valence-corrected chi connectivity index (χ3v) is 8.13. The van der Waals surface area contributed by atoms with Crippen LogP contribution in [0.15, 0.2) is 97.1 Å². The number of aliphatic hydroxyl groups excluding tert-OH is 1. The molecule has 5 nitrogen and oxygen atoms in total. The Morgan fingerprint density at radius 3 is 1.98 bits per heavy atom. The number of benzene rings is 4. The molecule has 0 amide bonds. The number of nitrogens with zero attached hydrogens (tertiary/aromatic N) is 2. The van der Waals surface area contributed by atoms with E-state index in [0.717, 1.165) is 79.3 Å². The van der Waals surface area contributed by atoms with Gasteiger partial charge in [-0.15, -0.1) is 0 Å². The average molecular weight is 551 g/mol. The lowest BCUT2D eigenvalue weighted by Gasteiger charge is -2.39. The van der Waals surface area contributed by atoms with Crippen LogP contribution in [0, 0.1) is 0 Å². The summed E-state index contributed by atoms with van der Waals surface area (Å²) in [5, 5.41) is 9.67. The van der Waals surface area contributed by atoms with Crippen LogP contribution in [-0.4, -0.2) is 61.3 Å². The molecule has 1 heterocycles. The normalized spacial score (nSPS) is 14.3. The van der Waals surface area contributed by atoms with Gasteiger partial charge in [0.25, 0.3) is 0 Å². The lowest BCUT2D eigenvalue weighted by Crippen LogP contribution is -2.48. The molecule has 5 heteroatoms. The first-order chi connectivity index (χ1) is 20.2. The van der Waals surface area contributed by atoms with Crippen molar-refractivity contribution >= 4 is 0 Å². The molecule has 0 aliphatic carbocycles. The van der Waals surface area contributed by atoms with Gasteiger partial charge in [-0.3, -0.25) is 4.90 Å². The quantitative estimate of drug-likeness (QED) is 0.202. The molecule has 1 aliphatic rings. The SMILES string of the molecule is CCc1c(-c2ccc(OCCCN3CCN(C(c4ccccc4)c4ccccc4)CC3)cc2)ccc(CO)c1OC. The molecule has 41 heavy (non-hydrogen) atoms. The third kappa shape index (κ3) is 6.99. The maximum absolute atomic E-state index is 9.67. The largest absolute Gasteiger partial charge is 0.496 e. The molecule has 0 spiro atoms. The Balaban J connectivity index is 1.11. The minimum atomic E-state index is -0.0270. The van der Waals surface area contributed by atoms with Gasteiger partial charge in [-0.2, -0.15) is 0 Å². The summed E-state index contributed by atoms with van der Waals surface area (Å²) >= 11 is 0. The van der Waals surface area contributed by atoms with Crippen molar-refractivity contribution in [2.75, 3.05) is 46.4 Å². The molecule has 214 valence electrons. The third-order valence-electron chi connectivity index (χ3n) is 8.13. The Bertz CT molecular complexity index is 1310. The monoisotopic (exact) mass is 550 g/mol. The molecule has 4 aromatic carbocycles. The molecule has 0 saturated carbocycles. The van der Waals surface area contributed by atoms with Crippen molar-refractivity contribution in [3.63, 3.8) is 0 Å². The van der Waals surface area contributed by atoms with Crippen LogP contribution in [0.5, 0.6) is 11.5 Å². The van der Waals surface area contributed by atoms with Crippen LogP contribution < -0.4 is 9.47 Å². The maximum Gasteiger partial charge on any atom is 0.128 e. The summed E-state index contributed by atoms with van der Waals surface area (Å²) in [5.41, 5.74) is 6.92. The molecular weight excluding hydrogens is 508 g/mol. The van der Waals surface area contributed by atoms with E-state index in [4.69, 9.17) is 9.47 Å². The fourth-order valence-corrected chi connectivity index (χ4v) is 6.02. The van der Waals surface area contributed by atoms with Crippen LogP contribution >= 0.6 is 0 Å². The van der Waals surface area contributed by atoms with E-state index in [-0.39, 0.29) is 6.61 Å². The van der Waals surface area contributed by atoms with E-state index in [1.807, 2.05) is 18.2 Å². The molecule has 1 fully saturated rings. The van der Waals surface area contributed by atoms with Crippen molar-refractivity contribution in [3.8, 4) is 22.6 Å². The van der Waals surface area contributed by atoms with E-state index >= 15 is 0 Å². The van der Waals surface area contributed by atoms with Gasteiger partial charge in [-0.1, -0.05) is 91.9 Å². The van der Waals surface area contributed by atoms with Gasteiger partial charge in [0.2, 0.25) is 0 Å². The standard InChI is InChI=1S/C36H42N2O3/c1-3-33-34(20-17-31(27-39)36(33)40-2)28-15-18-32(19-16-28)41-26-10-21-37-22-24-38(25-23-37)35(29-11-6-4-7-12-29)30-13-8-5-9-14-30/h4-9,11-20,35,39H,3,10,21-27H2,1-2H3. The predicted octanol–water partition coefficient (Wildman–Crippen LogP) is 6.59. The van der Waals surface area contributed by atoms with Crippen molar-refractivity contribution < 1.29 is 14.6 Å². The number of piperazine rings is 1. The van der Waals surface area contributed by atoms with Crippen LogP contribution in [0.3, 0.4) is 0 Å². The molecule has 0 aromatic heterocycles. The molecule has 0 bridgehead atoms. The number of rotatable bonds is 12. The van der Waals surface area contributed by atoms with Crippen molar-refractivity contribution in [2.45, 2.75) is 32.4 Å². The Kier molecular flexibility index (Phi) is 10.1.